The summed E-state index contributed by atoms with van der Waals surface area (Å²) < 4.78 is 44.5. The Kier molecular flexibility index (Phi) is 4.39. The third-order valence-corrected chi connectivity index (χ3v) is 3.04. The summed E-state index contributed by atoms with van der Waals surface area (Å²) in [6.07, 6.45) is -4.57. The van der Waals surface area contributed by atoms with E-state index < -0.39 is 11.7 Å². The predicted molar refractivity (Wildman–Crippen MR) is 72.2 cm³/mol. The maximum Gasteiger partial charge on any atom is 0.419 e. The molecule has 0 amide bonds. The van der Waals surface area contributed by atoms with E-state index in [1.165, 1.54) is 24.3 Å². The standard InChI is InChI=1S/C15H9ClF3NO/c16-8-10-5-6-14(12(7-10)15(17,18)19)21-13-4-2-1-3-11(13)9-20/h1-7H,8H2. The predicted octanol–water partition coefficient (Wildman–Crippen LogP) is 5.11. The van der Waals surface area contributed by atoms with Crippen molar-refractivity contribution in [1.29, 1.82) is 5.26 Å². The van der Waals surface area contributed by atoms with E-state index in [1.54, 1.807) is 12.1 Å². The van der Waals surface area contributed by atoms with Gasteiger partial charge in [0.25, 0.3) is 0 Å². The normalized spacial score (nSPS) is 11.0. The van der Waals surface area contributed by atoms with E-state index >= 15 is 0 Å². The fourth-order valence-electron chi connectivity index (χ4n) is 1.74. The number of hydrogen-bond donors (Lipinski definition) is 0. The number of ether oxygens (including phenoxy) is 1. The zero-order valence-corrected chi connectivity index (χ0v) is 11.4. The molecule has 2 nitrogen and oxygen atoms in total. The Balaban J connectivity index is 2.47. The topological polar surface area (TPSA) is 33.0 Å². The van der Waals surface area contributed by atoms with Gasteiger partial charge in [0.15, 0.2) is 0 Å². The molecule has 21 heavy (non-hydrogen) atoms. The summed E-state index contributed by atoms with van der Waals surface area (Å²) in [4.78, 5) is 0. The first-order valence-electron chi connectivity index (χ1n) is 5.89. The van der Waals surface area contributed by atoms with Crippen LogP contribution in [0.3, 0.4) is 0 Å². The molecule has 0 bridgehead atoms. The van der Waals surface area contributed by atoms with Crippen LogP contribution in [0.5, 0.6) is 11.5 Å². The van der Waals surface area contributed by atoms with Crippen molar-refractivity contribution >= 4 is 11.6 Å². The quantitative estimate of drug-likeness (QED) is 0.738. The second-order valence-corrected chi connectivity index (χ2v) is 4.44. The van der Waals surface area contributed by atoms with Crippen molar-refractivity contribution in [3.63, 3.8) is 0 Å². The van der Waals surface area contributed by atoms with Gasteiger partial charge in [0.05, 0.1) is 11.1 Å². The van der Waals surface area contributed by atoms with Crippen molar-refractivity contribution in [2.45, 2.75) is 12.1 Å². The van der Waals surface area contributed by atoms with Crippen molar-refractivity contribution in [1.82, 2.24) is 0 Å². The van der Waals surface area contributed by atoms with Crippen molar-refractivity contribution in [2.75, 3.05) is 0 Å². The molecule has 2 aromatic carbocycles. The minimum absolute atomic E-state index is 0.0296. The lowest BCUT2D eigenvalue weighted by molar-refractivity contribution is -0.138. The van der Waals surface area contributed by atoms with Crippen LogP contribution < -0.4 is 4.74 Å². The fraction of sp³-hybridized carbons (Fsp3) is 0.133. The molecule has 0 N–H and O–H groups in total. The number of nitriles is 1. The van der Waals surface area contributed by atoms with Crippen molar-refractivity contribution in [3.05, 3.63) is 59.2 Å². The fourth-order valence-corrected chi connectivity index (χ4v) is 1.90. The third-order valence-electron chi connectivity index (χ3n) is 2.73. The number of benzene rings is 2. The summed E-state index contributed by atoms with van der Waals surface area (Å²) in [6, 6.07) is 11.6. The highest BCUT2D eigenvalue weighted by atomic mass is 35.5. The maximum absolute atomic E-state index is 13.1. The molecule has 0 radical (unpaired) electrons. The maximum atomic E-state index is 13.1. The van der Waals surface area contributed by atoms with Crippen LogP contribution in [0.2, 0.25) is 0 Å². The van der Waals surface area contributed by atoms with Gasteiger partial charge in [-0.1, -0.05) is 18.2 Å². The molecular formula is C15H9ClF3NO. The largest absolute Gasteiger partial charge is 0.455 e. The van der Waals surface area contributed by atoms with Crippen LogP contribution in [0, 0.1) is 11.3 Å². The van der Waals surface area contributed by atoms with Crippen LogP contribution in [-0.2, 0) is 12.1 Å². The summed E-state index contributed by atoms with van der Waals surface area (Å²) >= 11 is 5.56. The van der Waals surface area contributed by atoms with E-state index in [2.05, 4.69) is 0 Å². The Bertz CT molecular complexity index is 692. The van der Waals surface area contributed by atoms with Crippen LogP contribution in [0.15, 0.2) is 42.5 Å². The van der Waals surface area contributed by atoms with Gasteiger partial charge in [0.1, 0.15) is 17.6 Å². The number of nitrogens with zero attached hydrogens (tertiary/aromatic N) is 1. The molecule has 108 valence electrons. The average Bonchev–Trinajstić information content (AvgIpc) is 2.47. The van der Waals surface area contributed by atoms with E-state index in [-0.39, 0.29) is 22.9 Å². The minimum atomic E-state index is -4.57. The average molecular weight is 312 g/mol. The first-order chi connectivity index (χ1) is 9.95. The summed E-state index contributed by atoms with van der Waals surface area (Å²) in [6.45, 7) is 0. The molecule has 0 aliphatic carbocycles. The molecule has 2 rings (SSSR count). The van der Waals surface area contributed by atoms with Crippen molar-refractivity contribution < 1.29 is 17.9 Å². The van der Waals surface area contributed by atoms with Gasteiger partial charge in [-0.2, -0.15) is 18.4 Å². The lowest BCUT2D eigenvalue weighted by Gasteiger charge is -2.15. The molecule has 0 spiro atoms. The van der Waals surface area contributed by atoms with Gasteiger partial charge in [-0.3, -0.25) is 0 Å². The highest BCUT2D eigenvalue weighted by molar-refractivity contribution is 6.17. The minimum Gasteiger partial charge on any atom is -0.455 e. The molecule has 0 heterocycles. The van der Waals surface area contributed by atoms with Crippen molar-refractivity contribution in [3.8, 4) is 17.6 Å². The SMILES string of the molecule is N#Cc1ccccc1Oc1ccc(CCl)cc1C(F)(F)F. The van der Waals surface area contributed by atoms with E-state index in [9.17, 15) is 13.2 Å². The first-order valence-corrected chi connectivity index (χ1v) is 6.42. The number of para-hydroxylation sites is 1. The smallest absolute Gasteiger partial charge is 0.419 e. The summed E-state index contributed by atoms with van der Waals surface area (Å²) in [7, 11) is 0. The van der Waals surface area contributed by atoms with Crippen LogP contribution in [-0.4, -0.2) is 0 Å². The van der Waals surface area contributed by atoms with Gasteiger partial charge in [-0.25, -0.2) is 0 Å². The number of alkyl halides is 4. The first kappa shape index (κ1) is 15.2. The molecular weight excluding hydrogens is 303 g/mol. The molecule has 0 aliphatic heterocycles. The van der Waals surface area contributed by atoms with Crippen molar-refractivity contribution in [2.24, 2.45) is 0 Å². The van der Waals surface area contributed by atoms with Crippen LogP contribution in [0.1, 0.15) is 16.7 Å². The van der Waals surface area contributed by atoms with E-state index in [0.717, 1.165) is 6.07 Å². The Morgan fingerprint density at radius 3 is 2.43 bits per heavy atom. The summed E-state index contributed by atoms with van der Waals surface area (Å²) in [5.74, 6) is -0.318. The molecule has 6 heteroatoms. The lowest BCUT2D eigenvalue weighted by Crippen LogP contribution is -2.08. The van der Waals surface area contributed by atoms with Gasteiger partial charge in [0, 0.05) is 5.88 Å². The molecule has 0 atom stereocenters. The molecule has 0 aromatic heterocycles. The van der Waals surface area contributed by atoms with E-state index in [0.29, 0.717) is 5.56 Å². The molecule has 0 unspecified atom stereocenters. The van der Waals surface area contributed by atoms with Crippen LogP contribution in [0.25, 0.3) is 0 Å². The lowest BCUT2D eigenvalue weighted by atomic mass is 10.1. The molecule has 0 saturated carbocycles. The van der Waals surface area contributed by atoms with Gasteiger partial charge in [-0.15, -0.1) is 11.6 Å². The van der Waals surface area contributed by atoms with Crippen LogP contribution >= 0.6 is 11.6 Å². The molecule has 0 fully saturated rings. The van der Waals surface area contributed by atoms with Crippen LogP contribution in [0.4, 0.5) is 13.2 Å². The second kappa shape index (κ2) is 6.06. The Hall–Kier alpha value is -2.19. The van der Waals surface area contributed by atoms with Gasteiger partial charge < -0.3 is 4.74 Å². The number of rotatable bonds is 3. The molecule has 0 aliphatic rings. The highest BCUT2D eigenvalue weighted by Crippen LogP contribution is 2.39. The zero-order chi connectivity index (χ0) is 15.5. The highest BCUT2D eigenvalue weighted by Gasteiger charge is 2.35. The number of hydrogen-bond acceptors (Lipinski definition) is 2. The molecule has 2 aromatic rings. The summed E-state index contributed by atoms with van der Waals surface area (Å²) in [5.41, 5.74) is -0.426. The van der Waals surface area contributed by atoms with E-state index in [1.807, 2.05) is 6.07 Å². The Labute approximate surface area is 124 Å². The zero-order valence-electron chi connectivity index (χ0n) is 10.6. The monoisotopic (exact) mass is 311 g/mol. The third kappa shape index (κ3) is 3.47. The Morgan fingerprint density at radius 1 is 1.10 bits per heavy atom. The number of halogens is 4. The summed E-state index contributed by atoms with van der Waals surface area (Å²) in [5, 5.41) is 8.94. The second-order valence-electron chi connectivity index (χ2n) is 4.17. The van der Waals surface area contributed by atoms with Gasteiger partial charge in [0.2, 0.25) is 0 Å². The van der Waals surface area contributed by atoms with Gasteiger partial charge >= 0.3 is 6.18 Å². The van der Waals surface area contributed by atoms with E-state index in [4.69, 9.17) is 21.6 Å². The Morgan fingerprint density at radius 2 is 1.81 bits per heavy atom. The molecule has 0 saturated heterocycles. The van der Waals surface area contributed by atoms with Gasteiger partial charge in [-0.05, 0) is 29.8 Å².